The number of hydrogen-bond donors (Lipinski definition) is 0. The minimum atomic E-state index is -0.405. The number of nitrogens with zero attached hydrogens (tertiary/aromatic N) is 3. The van der Waals surface area contributed by atoms with Crippen LogP contribution in [0.4, 0.5) is 0 Å². The van der Waals surface area contributed by atoms with Crippen LogP contribution in [0, 0.1) is 13.8 Å². The number of carbonyl (C=O) groups is 2. The van der Waals surface area contributed by atoms with E-state index in [-0.39, 0.29) is 10.7 Å². The Morgan fingerprint density at radius 1 is 0.824 bits per heavy atom. The summed E-state index contributed by atoms with van der Waals surface area (Å²) >= 11 is 5.16. The number of benzene rings is 2. The molecule has 4 rings (SSSR count). The molecule has 0 N–H and O–H groups in total. The molecular weight excluding hydrogens is 450 g/mol. The van der Waals surface area contributed by atoms with Crippen LogP contribution in [0.2, 0.25) is 0 Å². The molecule has 34 heavy (non-hydrogen) atoms. The molecule has 2 aromatic carbocycles. The van der Waals surface area contributed by atoms with Gasteiger partial charge in [0.05, 0.1) is 7.11 Å². The van der Waals surface area contributed by atoms with Gasteiger partial charge in [-0.05, 0) is 92.3 Å². The summed E-state index contributed by atoms with van der Waals surface area (Å²) in [5.74, 6) is 1.38. The molecule has 3 aromatic rings. The first-order valence-corrected chi connectivity index (χ1v) is 11.0. The van der Waals surface area contributed by atoms with Gasteiger partial charge in [0.15, 0.2) is 5.11 Å². The first-order valence-electron chi connectivity index (χ1n) is 10.6. The molecule has 0 radical (unpaired) electrons. The fourth-order valence-electron chi connectivity index (χ4n) is 3.90. The third-order valence-electron chi connectivity index (χ3n) is 5.80. The van der Waals surface area contributed by atoms with Gasteiger partial charge in [-0.25, -0.2) is 0 Å². The predicted molar refractivity (Wildman–Crippen MR) is 134 cm³/mol. The van der Waals surface area contributed by atoms with Crippen LogP contribution in [0.3, 0.4) is 0 Å². The van der Waals surface area contributed by atoms with E-state index in [1.54, 1.807) is 27.3 Å². The largest absolute Gasteiger partial charge is 0.497 e. The van der Waals surface area contributed by atoms with Gasteiger partial charge in [-0.15, -0.1) is 0 Å². The lowest BCUT2D eigenvalue weighted by molar-refractivity contribution is -0.132. The van der Waals surface area contributed by atoms with Gasteiger partial charge in [0.25, 0.3) is 11.8 Å². The van der Waals surface area contributed by atoms with Crippen LogP contribution in [-0.4, -0.2) is 52.5 Å². The zero-order valence-electron chi connectivity index (χ0n) is 19.7. The molecule has 2 heterocycles. The normalized spacial score (nSPS) is 14.0. The van der Waals surface area contributed by atoms with Crippen LogP contribution >= 0.6 is 12.2 Å². The molecule has 0 unspecified atom stereocenters. The van der Waals surface area contributed by atoms with Crippen LogP contribution in [-0.2, 0) is 9.59 Å². The average Bonchev–Trinajstić information content (AvgIpc) is 3.13. The van der Waals surface area contributed by atoms with E-state index in [0.29, 0.717) is 11.5 Å². The molecule has 0 aliphatic carbocycles. The molecule has 1 aromatic heterocycles. The van der Waals surface area contributed by atoms with Gasteiger partial charge in [-0.2, -0.15) is 0 Å². The average molecular weight is 476 g/mol. The second-order valence-electron chi connectivity index (χ2n) is 8.00. The van der Waals surface area contributed by atoms with Crippen molar-refractivity contribution in [2.45, 2.75) is 13.8 Å². The molecule has 8 heteroatoms. The second kappa shape index (κ2) is 9.15. The summed E-state index contributed by atoms with van der Waals surface area (Å²) in [7, 11) is 4.76. The van der Waals surface area contributed by atoms with Crippen molar-refractivity contribution < 1.29 is 19.1 Å². The molecule has 0 saturated carbocycles. The maximum absolute atomic E-state index is 12.7. The number of ether oxygens (including phenoxy) is 2. The second-order valence-corrected chi connectivity index (χ2v) is 8.37. The lowest BCUT2D eigenvalue weighted by Crippen LogP contribution is -2.52. The van der Waals surface area contributed by atoms with Crippen LogP contribution in [0.25, 0.3) is 11.8 Å². The smallest absolute Gasteiger partial charge is 0.265 e. The molecule has 1 aliphatic rings. The van der Waals surface area contributed by atoms with Gasteiger partial charge in [0.1, 0.15) is 22.8 Å². The quantitative estimate of drug-likeness (QED) is 0.309. The van der Waals surface area contributed by atoms with Crippen molar-refractivity contribution in [3.63, 3.8) is 0 Å². The highest BCUT2D eigenvalue weighted by atomic mass is 32.1. The molecule has 0 bridgehead atoms. The molecular formula is C26H25N3O4S. The Bertz CT molecular complexity index is 1280. The topological polar surface area (TPSA) is 64.0 Å². The fraction of sp³-hybridized carbons (Fsp3) is 0.192. The molecule has 1 aliphatic heterocycles. The van der Waals surface area contributed by atoms with E-state index < -0.39 is 11.8 Å². The highest BCUT2D eigenvalue weighted by Gasteiger charge is 2.35. The Labute approximate surface area is 203 Å². The summed E-state index contributed by atoms with van der Waals surface area (Å²) < 4.78 is 13.2. The number of hydrogen-bond acceptors (Lipinski definition) is 5. The minimum absolute atomic E-state index is 0.0853. The Morgan fingerprint density at radius 2 is 1.32 bits per heavy atom. The molecule has 0 atom stereocenters. The number of thiocarbonyl (C=S) groups is 1. The lowest BCUT2D eigenvalue weighted by atomic mass is 10.1. The van der Waals surface area contributed by atoms with Crippen molar-refractivity contribution in [1.29, 1.82) is 0 Å². The van der Waals surface area contributed by atoms with Crippen LogP contribution in [0.1, 0.15) is 17.0 Å². The summed E-state index contributed by atoms with van der Waals surface area (Å²) in [5, 5.41) is 0.189. The van der Waals surface area contributed by atoms with E-state index in [1.807, 2.05) is 68.4 Å². The van der Waals surface area contributed by atoms with Crippen molar-refractivity contribution in [1.82, 2.24) is 14.4 Å². The molecule has 1 fully saturated rings. The highest BCUT2D eigenvalue weighted by molar-refractivity contribution is 7.80. The molecule has 0 spiro atoms. The molecule has 174 valence electrons. The number of carbonyl (C=O) groups excluding carboxylic acids is 2. The highest BCUT2D eigenvalue weighted by Crippen LogP contribution is 2.28. The van der Waals surface area contributed by atoms with E-state index in [1.165, 1.54) is 9.80 Å². The number of aromatic nitrogens is 1. The van der Waals surface area contributed by atoms with E-state index in [0.717, 1.165) is 28.4 Å². The standard InChI is InChI=1S/C26H25N3O4S/c1-16-14-18(15-23-24(30)27(3)26(34)28(4)25(23)31)17(2)29(16)19-6-8-21(9-7-19)33-22-12-10-20(32-5)11-13-22/h6-15H,1-5H3. The van der Waals surface area contributed by atoms with Gasteiger partial charge in [-0.3, -0.25) is 19.4 Å². The number of rotatable bonds is 5. The van der Waals surface area contributed by atoms with E-state index in [4.69, 9.17) is 21.7 Å². The summed E-state index contributed by atoms with van der Waals surface area (Å²) in [6, 6.07) is 17.1. The molecule has 1 saturated heterocycles. The Hall–Kier alpha value is -3.91. The number of methoxy groups -OCH3 is 1. The van der Waals surface area contributed by atoms with Crippen molar-refractivity contribution >= 4 is 35.2 Å². The van der Waals surface area contributed by atoms with Crippen molar-refractivity contribution in [3.8, 4) is 22.9 Å². The van der Waals surface area contributed by atoms with Crippen LogP contribution in [0.5, 0.6) is 17.2 Å². The van der Waals surface area contributed by atoms with Gasteiger partial charge in [-0.1, -0.05) is 0 Å². The summed E-state index contributed by atoms with van der Waals surface area (Å²) in [4.78, 5) is 28.0. The fourth-order valence-corrected chi connectivity index (χ4v) is 4.07. The van der Waals surface area contributed by atoms with Crippen LogP contribution < -0.4 is 9.47 Å². The van der Waals surface area contributed by atoms with Gasteiger partial charge >= 0.3 is 0 Å². The maximum atomic E-state index is 12.7. The monoisotopic (exact) mass is 475 g/mol. The minimum Gasteiger partial charge on any atom is -0.497 e. The van der Waals surface area contributed by atoms with Crippen molar-refractivity contribution in [3.05, 3.63) is 77.1 Å². The van der Waals surface area contributed by atoms with Gasteiger partial charge in [0, 0.05) is 31.2 Å². The number of amides is 2. The predicted octanol–water partition coefficient (Wildman–Crippen LogP) is 4.49. The Balaban J connectivity index is 1.61. The van der Waals surface area contributed by atoms with Crippen molar-refractivity contribution in [2.24, 2.45) is 0 Å². The first kappa shape index (κ1) is 23.3. The van der Waals surface area contributed by atoms with Gasteiger partial charge < -0.3 is 14.0 Å². The van der Waals surface area contributed by atoms with Crippen molar-refractivity contribution in [2.75, 3.05) is 21.2 Å². The Kier molecular flexibility index (Phi) is 6.26. The zero-order valence-corrected chi connectivity index (χ0v) is 20.5. The number of aryl methyl sites for hydroxylation is 1. The van der Waals surface area contributed by atoms with Crippen LogP contribution in [0.15, 0.2) is 60.2 Å². The third kappa shape index (κ3) is 4.20. The lowest BCUT2D eigenvalue weighted by Gasteiger charge is -2.31. The molecule has 2 amide bonds. The maximum Gasteiger partial charge on any atom is 0.265 e. The summed E-state index contributed by atoms with van der Waals surface area (Å²) in [5.41, 5.74) is 3.71. The molecule has 7 nitrogen and oxygen atoms in total. The van der Waals surface area contributed by atoms with E-state index in [9.17, 15) is 9.59 Å². The zero-order chi connectivity index (χ0) is 24.6. The van der Waals surface area contributed by atoms with E-state index in [2.05, 4.69) is 4.57 Å². The Morgan fingerprint density at radius 3 is 1.85 bits per heavy atom. The summed E-state index contributed by atoms with van der Waals surface area (Å²) in [6.07, 6.45) is 1.64. The first-order chi connectivity index (χ1) is 16.2. The summed E-state index contributed by atoms with van der Waals surface area (Å²) in [6.45, 7) is 3.94. The van der Waals surface area contributed by atoms with Gasteiger partial charge in [0.2, 0.25) is 0 Å². The van der Waals surface area contributed by atoms with E-state index >= 15 is 0 Å². The third-order valence-corrected chi connectivity index (χ3v) is 6.35. The number of likely N-dealkylation sites (N-methyl/N-ethyl adjacent to an activating group) is 2. The SMILES string of the molecule is COc1ccc(Oc2ccc(-n3c(C)cc(C=C4C(=O)N(C)C(=S)N(C)C4=O)c3C)cc2)cc1.